The van der Waals surface area contributed by atoms with Crippen LogP contribution in [0.25, 0.3) is 0 Å². The number of hydrogen-bond acceptors (Lipinski definition) is 5. The van der Waals surface area contributed by atoms with Gasteiger partial charge in [0.15, 0.2) is 0 Å². The number of rotatable bonds is 6. The van der Waals surface area contributed by atoms with E-state index in [4.69, 9.17) is 4.74 Å². The van der Waals surface area contributed by atoms with Crippen molar-refractivity contribution in [1.82, 2.24) is 9.80 Å². The Hall–Kier alpha value is -3.07. The van der Waals surface area contributed by atoms with Gasteiger partial charge in [0.05, 0.1) is 25.1 Å². The van der Waals surface area contributed by atoms with Gasteiger partial charge in [-0.1, -0.05) is 24.3 Å². The maximum absolute atomic E-state index is 12.8. The number of benzene rings is 2. The number of piperazine rings is 1. The van der Waals surface area contributed by atoms with Gasteiger partial charge in [-0.2, -0.15) is 0 Å². The van der Waals surface area contributed by atoms with Gasteiger partial charge in [-0.05, 0) is 49.2 Å². The van der Waals surface area contributed by atoms with Gasteiger partial charge in [-0.25, -0.2) is 13.2 Å². The van der Waals surface area contributed by atoms with E-state index in [1.54, 1.807) is 47.1 Å². The van der Waals surface area contributed by atoms with Crippen LogP contribution in [0.4, 0.5) is 10.5 Å². The molecular weight excluding hydrogens is 430 g/mol. The molecule has 1 saturated heterocycles. The zero-order chi connectivity index (χ0) is 23.3. The minimum absolute atomic E-state index is 0.112. The quantitative estimate of drug-likeness (QED) is 0.663. The topological polar surface area (TPSA) is 87.2 Å². The summed E-state index contributed by atoms with van der Waals surface area (Å²) in [7, 11) is -3.48. The van der Waals surface area contributed by atoms with E-state index in [-0.39, 0.29) is 18.5 Å². The van der Waals surface area contributed by atoms with Crippen molar-refractivity contribution in [3.8, 4) is 0 Å². The van der Waals surface area contributed by atoms with Crippen LogP contribution in [-0.2, 0) is 21.3 Å². The minimum Gasteiger partial charge on any atom is -0.450 e. The first-order chi connectivity index (χ1) is 15.2. The Morgan fingerprint density at radius 3 is 2.19 bits per heavy atom. The molecule has 0 N–H and O–H groups in total. The first kappa shape index (κ1) is 23.6. The normalized spacial score (nSPS) is 14.2. The fourth-order valence-corrected chi connectivity index (χ4v) is 4.47. The number of ether oxygens (including phenoxy) is 1. The van der Waals surface area contributed by atoms with E-state index in [0.29, 0.717) is 44.0 Å². The highest BCUT2D eigenvalue weighted by Gasteiger charge is 2.25. The highest BCUT2D eigenvalue weighted by Crippen LogP contribution is 2.22. The molecule has 0 saturated carbocycles. The summed E-state index contributed by atoms with van der Waals surface area (Å²) in [6, 6.07) is 14.3. The number of nitrogens with zero attached hydrogens (tertiary/aromatic N) is 3. The maximum atomic E-state index is 12.8. The Balaban J connectivity index is 1.66. The van der Waals surface area contributed by atoms with Crippen molar-refractivity contribution >= 4 is 27.7 Å². The lowest BCUT2D eigenvalue weighted by molar-refractivity contribution is 0.0570. The van der Waals surface area contributed by atoms with Crippen molar-refractivity contribution in [1.29, 1.82) is 0 Å². The van der Waals surface area contributed by atoms with E-state index in [1.807, 2.05) is 25.1 Å². The predicted octanol–water partition coefficient (Wildman–Crippen LogP) is 2.88. The molecule has 1 heterocycles. The molecule has 0 spiro atoms. The van der Waals surface area contributed by atoms with Crippen molar-refractivity contribution in [2.45, 2.75) is 20.4 Å². The molecule has 0 radical (unpaired) electrons. The number of anilines is 1. The van der Waals surface area contributed by atoms with Crippen LogP contribution in [0.2, 0.25) is 0 Å². The highest BCUT2D eigenvalue weighted by atomic mass is 32.2. The second-order valence-electron chi connectivity index (χ2n) is 7.78. The van der Waals surface area contributed by atoms with Crippen LogP contribution in [0.5, 0.6) is 0 Å². The molecule has 8 nitrogen and oxygen atoms in total. The first-order valence-electron chi connectivity index (χ1n) is 10.5. The maximum Gasteiger partial charge on any atom is 0.409 e. The van der Waals surface area contributed by atoms with Crippen LogP contribution >= 0.6 is 0 Å². The minimum atomic E-state index is -3.48. The molecule has 172 valence electrons. The number of sulfonamides is 1. The summed E-state index contributed by atoms with van der Waals surface area (Å²) >= 11 is 0. The molecule has 2 aromatic rings. The van der Waals surface area contributed by atoms with Crippen molar-refractivity contribution in [2.75, 3.05) is 43.3 Å². The Kier molecular flexibility index (Phi) is 7.40. The molecule has 1 aliphatic rings. The van der Waals surface area contributed by atoms with Crippen LogP contribution in [0.15, 0.2) is 48.5 Å². The molecule has 0 atom stereocenters. The standard InChI is InChI=1S/C23H29N3O5S/c1-4-31-23(28)25-14-12-24(13-15-25)22(27)20-10-8-19(9-11-20)17-26(32(3,29)30)21-7-5-6-18(2)16-21/h5-11,16H,4,12-15,17H2,1-3H3. The largest absolute Gasteiger partial charge is 0.450 e. The SMILES string of the molecule is CCOC(=O)N1CCN(C(=O)c2ccc(CN(c3cccc(C)c3)S(C)(=O)=O)cc2)CC1. The molecule has 3 rings (SSSR count). The average molecular weight is 460 g/mol. The predicted molar refractivity (Wildman–Crippen MR) is 123 cm³/mol. The Morgan fingerprint density at radius 2 is 1.62 bits per heavy atom. The smallest absolute Gasteiger partial charge is 0.409 e. The summed E-state index contributed by atoms with van der Waals surface area (Å²) < 4.78 is 31.1. The average Bonchev–Trinajstić information content (AvgIpc) is 2.77. The van der Waals surface area contributed by atoms with Gasteiger partial charge < -0.3 is 14.5 Å². The van der Waals surface area contributed by atoms with Crippen LogP contribution in [0.1, 0.15) is 28.4 Å². The second-order valence-corrected chi connectivity index (χ2v) is 9.69. The summed E-state index contributed by atoms with van der Waals surface area (Å²) in [6.45, 7) is 5.92. The van der Waals surface area contributed by atoms with Crippen LogP contribution in [0, 0.1) is 6.92 Å². The highest BCUT2D eigenvalue weighted by molar-refractivity contribution is 7.92. The first-order valence-corrected chi connectivity index (χ1v) is 12.4. The molecule has 1 fully saturated rings. The van der Waals surface area contributed by atoms with Crippen molar-refractivity contribution in [3.63, 3.8) is 0 Å². The summed E-state index contributed by atoms with van der Waals surface area (Å²) in [4.78, 5) is 28.0. The van der Waals surface area contributed by atoms with Gasteiger partial charge in [0.1, 0.15) is 0 Å². The van der Waals surface area contributed by atoms with E-state index in [0.717, 1.165) is 11.1 Å². The fraction of sp³-hybridized carbons (Fsp3) is 0.391. The Bertz CT molecular complexity index is 1060. The number of hydrogen-bond donors (Lipinski definition) is 0. The Morgan fingerprint density at radius 1 is 1.00 bits per heavy atom. The third kappa shape index (κ3) is 5.79. The van der Waals surface area contributed by atoms with Gasteiger partial charge >= 0.3 is 6.09 Å². The molecule has 1 aliphatic heterocycles. The number of aryl methyl sites for hydroxylation is 1. The second kappa shape index (κ2) is 10.0. The van der Waals surface area contributed by atoms with Crippen LogP contribution in [-0.4, -0.2) is 69.3 Å². The lowest BCUT2D eigenvalue weighted by Gasteiger charge is -2.34. The lowest BCUT2D eigenvalue weighted by Crippen LogP contribution is -2.50. The van der Waals surface area contributed by atoms with Crippen LogP contribution in [0.3, 0.4) is 0 Å². The zero-order valence-corrected chi connectivity index (χ0v) is 19.5. The van der Waals surface area contributed by atoms with Crippen molar-refractivity contribution in [3.05, 3.63) is 65.2 Å². The summed E-state index contributed by atoms with van der Waals surface area (Å²) in [5, 5.41) is 0. The molecule has 32 heavy (non-hydrogen) atoms. The molecular formula is C23H29N3O5S. The van der Waals surface area contributed by atoms with Gasteiger partial charge in [0.25, 0.3) is 5.91 Å². The van der Waals surface area contributed by atoms with E-state index in [9.17, 15) is 18.0 Å². The number of amides is 2. The number of carbonyl (C=O) groups excluding carboxylic acids is 2. The van der Waals surface area contributed by atoms with Crippen molar-refractivity contribution in [2.24, 2.45) is 0 Å². The van der Waals surface area contributed by atoms with E-state index in [2.05, 4.69) is 0 Å². The zero-order valence-electron chi connectivity index (χ0n) is 18.7. The summed E-state index contributed by atoms with van der Waals surface area (Å²) in [6.07, 6.45) is 0.830. The van der Waals surface area contributed by atoms with Gasteiger partial charge in [0.2, 0.25) is 10.0 Å². The van der Waals surface area contributed by atoms with E-state index in [1.165, 1.54) is 10.6 Å². The molecule has 2 aromatic carbocycles. The van der Waals surface area contributed by atoms with Crippen LogP contribution < -0.4 is 4.31 Å². The molecule has 0 unspecified atom stereocenters. The molecule has 9 heteroatoms. The summed E-state index contributed by atoms with van der Waals surface area (Å²) in [5.74, 6) is -0.112. The number of carbonyl (C=O) groups is 2. The van der Waals surface area contributed by atoms with Crippen molar-refractivity contribution < 1.29 is 22.7 Å². The molecule has 0 aromatic heterocycles. The fourth-order valence-electron chi connectivity index (χ4n) is 3.59. The third-order valence-corrected chi connectivity index (χ3v) is 6.45. The van der Waals surface area contributed by atoms with Gasteiger partial charge in [-0.3, -0.25) is 9.10 Å². The summed E-state index contributed by atoms with van der Waals surface area (Å²) in [5.41, 5.74) is 2.88. The monoisotopic (exact) mass is 459 g/mol. The van der Waals surface area contributed by atoms with Gasteiger partial charge in [-0.15, -0.1) is 0 Å². The van der Waals surface area contributed by atoms with E-state index < -0.39 is 10.0 Å². The molecule has 2 amide bonds. The molecule has 0 aliphatic carbocycles. The van der Waals surface area contributed by atoms with E-state index >= 15 is 0 Å². The third-order valence-electron chi connectivity index (χ3n) is 5.31. The lowest BCUT2D eigenvalue weighted by atomic mass is 10.1. The van der Waals surface area contributed by atoms with Gasteiger partial charge in [0, 0.05) is 31.7 Å². The molecule has 0 bridgehead atoms. The Labute approximate surface area is 189 Å².